The predicted molar refractivity (Wildman–Crippen MR) is 117 cm³/mol. The van der Waals surface area contributed by atoms with E-state index in [9.17, 15) is 25.6 Å². The van der Waals surface area contributed by atoms with E-state index in [4.69, 9.17) is 4.42 Å². The van der Waals surface area contributed by atoms with E-state index in [1.54, 1.807) is 12.1 Å². The Morgan fingerprint density at radius 3 is 1.24 bits per heavy atom. The summed E-state index contributed by atoms with van der Waals surface area (Å²) >= 11 is 0. The zero-order valence-corrected chi connectivity index (χ0v) is 18.3. The standard InChI is InChI=1S/C24H14F2O5S2/c25-15-7-11-17(12-8-15)32(27,28)21-5-1-3-19-20-4-2-6-22(24(20)31-23(19)21)33(29,30)18-13-9-16(26)10-14-18/h1-14H. The van der Waals surface area contributed by atoms with Gasteiger partial charge in [-0.05, 0) is 60.7 Å². The molecule has 0 amide bonds. The maximum Gasteiger partial charge on any atom is 0.210 e. The van der Waals surface area contributed by atoms with Crippen LogP contribution in [0.3, 0.4) is 0 Å². The highest BCUT2D eigenvalue weighted by molar-refractivity contribution is 7.92. The van der Waals surface area contributed by atoms with Gasteiger partial charge in [-0.3, -0.25) is 0 Å². The molecule has 0 atom stereocenters. The maximum atomic E-state index is 13.3. The Bertz CT molecular complexity index is 1610. The van der Waals surface area contributed by atoms with Crippen molar-refractivity contribution in [2.45, 2.75) is 19.6 Å². The molecule has 0 radical (unpaired) electrons. The fourth-order valence-corrected chi connectivity index (χ4v) is 6.48. The van der Waals surface area contributed by atoms with Crippen LogP contribution in [0.15, 0.2) is 109 Å². The third kappa shape index (κ3) is 3.40. The lowest BCUT2D eigenvalue weighted by molar-refractivity contribution is 0.588. The van der Waals surface area contributed by atoms with Crippen LogP contribution in [0.25, 0.3) is 21.9 Å². The number of para-hydroxylation sites is 2. The summed E-state index contributed by atoms with van der Waals surface area (Å²) in [6.07, 6.45) is 0. The molecule has 0 N–H and O–H groups in total. The van der Waals surface area contributed by atoms with E-state index in [0.717, 1.165) is 48.5 Å². The topological polar surface area (TPSA) is 81.4 Å². The Kier molecular flexibility index (Phi) is 4.84. The van der Waals surface area contributed by atoms with E-state index in [0.29, 0.717) is 10.8 Å². The van der Waals surface area contributed by atoms with Crippen molar-refractivity contribution in [3.8, 4) is 0 Å². The molecule has 0 unspecified atom stereocenters. The van der Waals surface area contributed by atoms with Crippen LogP contribution in [0.4, 0.5) is 8.78 Å². The number of fused-ring (bicyclic) bond motifs is 3. The number of hydrogen-bond donors (Lipinski definition) is 0. The van der Waals surface area contributed by atoms with E-state index in [2.05, 4.69) is 0 Å². The number of sulfone groups is 2. The van der Waals surface area contributed by atoms with Crippen LogP contribution >= 0.6 is 0 Å². The molecule has 0 saturated heterocycles. The molecule has 5 aromatic rings. The van der Waals surface area contributed by atoms with Crippen molar-refractivity contribution in [2.75, 3.05) is 0 Å². The molecule has 33 heavy (non-hydrogen) atoms. The molecule has 0 aliphatic heterocycles. The van der Waals surface area contributed by atoms with Gasteiger partial charge in [0.1, 0.15) is 21.4 Å². The first-order valence-electron chi connectivity index (χ1n) is 9.65. The highest BCUT2D eigenvalue weighted by Crippen LogP contribution is 2.38. The molecule has 166 valence electrons. The summed E-state index contributed by atoms with van der Waals surface area (Å²) in [7, 11) is -8.17. The van der Waals surface area contributed by atoms with Crippen molar-refractivity contribution in [2.24, 2.45) is 0 Å². The molecule has 5 nitrogen and oxygen atoms in total. The molecule has 0 aliphatic rings. The monoisotopic (exact) mass is 484 g/mol. The fourth-order valence-electron chi connectivity index (χ4n) is 3.67. The summed E-state index contributed by atoms with van der Waals surface area (Å²) in [5.41, 5.74) is -0.0304. The third-order valence-corrected chi connectivity index (χ3v) is 8.87. The minimum atomic E-state index is -4.09. The SMILES string of the molecule is O=S(=O)(c1ccc(F)cc1)c1cccc2c1oc1c(S(=O)(=O)c3ccc(F)cc3)cccc12. The van der Waals surface area contributed by atoms with Crippen LogP contribution in [0.5, 0.6) is 0 Å². The second-order valence-electron chi connectivity index (χ2n) is 7.28. The van der Waals surface area contributed by atoms with Gasteiger partial charge in [0.15, 0.2) is 11.2 Å². The molecule has 5 rings (SSSR count). The molecular formula is C24H14F2O5S2. The van der Waals surface area contributed by atoms with Gasteiger partial charge in [0.05, 0.1) is 9.79 Å². The number of furan rings is 1. The van der Waals surface area contributed by atoms with E-state index >= 15 is 0 Å². The van der Waals surface area contributed by atoms with Gasteiger partial charge in [0.25, 0.3) is 0 Å². The van der Waals surface area contributed by atoms with Gasteiger partial charge in [0, 0.05) is 10.8 Å². The van der Waals surface area contributed by atoms with E-state index in [1.165, 1.54) is 24.3 Å². The average molecular weight is 485 g/mol. The van der Waals surface area contributed by atoms with Crippen molar-refractivity contribution in [3.05, 3.63) is 96.6 Å². The zero-order valence-electron chi connectivity index (χ0n) is 16.7. The molecule has 0 spiro atoms. The number of rotatable bonds is 4. The van der Waals surface area contributed by atoms with Crippen molar-refractivity contribution in [1.29, 1.82) is 0 Å². The molecular weight excluding hydrogens is 470 g/mol. The summed E-state index contributed by atoms with van der Waals surface area (Å²) in [5.74, 6) is -1.15. The van der Waals surface area contributed by atoms with Crippen LogP contribution in [-0.4, -0.2) is 16.8 Å². The summed E-state index contributed by atoms with van der Waals surface area (Å²) in [5, 5.41) is 0.814. The van der Waals surface area contributed by atoms with Crippen molar-refractivity contribution >= 4 is 41.6 Å². The van der Waals surface area contributed by atoms with Crippen molar-refractivity contribution in [1.82, 2.24) is 0 Å². The Morgan fingerprint density at radius 2 is 0.879 bits per heavy atom. The van der Waals surface area contributed by atoms with Crippen molar-refractivity contribution in [3.63, 3.8) is 0 Å². The Hall–Kier alpha value is -3.56. The van der Waals surface area contributed by atoms with Gasteiger partial charge in [-0.2, -0.15) is 0 Å². The van der Waals surface area contributed by atoms with E-state index in [-0.39, 0.29) is 30.7 Å². The molecule has 4 aromatic carbocycles. The first-order chi connectivity index (χ1) is 15.7. The molecule has 9 heteroatoms. The first kappa shape index (κ1) is 21.3. The van der Waals surface area contributed by atoms with E-state index in [1.807, 2.05) is 0 Å². The maximum absolute atomic E-state index is 13.3. The second kappa shape index (κ2) is 7.50. The van der Waals surface area contributed by atoms with Gasteiger partial charge in [0.2, 0.25) is 19.7 Å². The largest absolute Gasteiger partial charge is 0.453 e. The molecule has 0 bridgehead atoms. The first-order valence-corrected chi connectivity index (χ1v) is 12.6. The lowest BCUT2D eigenvalue weighted by Crippen LogP contribution is -2.02. The smallest absolute Gasteiger partial charge is 0.210 e. The van der Waals surface area contributed by atoms with Crippen LogP contribution in [-0.2, 0) is 19.7 Å². The van der Waals surface area contributed by atoms with Crippen LogP contribution < -0.4 is 0 Å². The van der Waals surface area contributed by atoms with E-state index < -0.39 is 31.3 Å². The Balaban J connectivity index is 1.77. The van der Waals surface area contributed by atoms with Gasteiger partial charge in [-0.1, -0.05) is 24.3 Å². The summed E-state index contributed by atoms with van der Waals surface area (Å²) < 4.78 is 85.4. The minimum Gasteiger partial charge on any atom is -0.453 e. The van der Waals surface area contributed by atoms with Crippen LogP contribution in [0.2, 0.25) is 0 Å². The van der Waals surface area contributed by atoms with Crippen molar-refractivity contribution < 1.29 is 30.0 Å². The normalized spacial score (nSPS) is 12.4. The summed E-state index contributed by atoms with van der Waals surface area (Å²) in [4.78, 5) is -0.604. The third-order valence-electron chi connectivity index (χ3n) is 5.28. The molecule has 0 fully saturated rings. The molecule has 0 aliphatic carbocycles. The van der Waals surface area contributed by atoms with Crippen LogP contribution in [0, 0.1) is 11.6 Å². The van der Waals surface area contributed by atoms with Gasteiger partial charge >= 0.3 is 0 Å². The lowest BCUT2D eigenvalue weighted by Gasteiger charge is -2.05. The number of halogens is 2. The summed E-state index contributed by atoms with van der Waals surface area (Å²) in [6.45, 7) is 0. The quantitative estimate of drug-likeness (QED) is 0.313. The molecule has 1 aromatic heterocycles. The second-order valence-corrected chi connectivity index (χ2v) is 11.1. The van der Waals surface area contributed by atoms with Crippen LogP contribution in [0.1, 0.15) is 0 Å². The predicted octanol–water partition coefficient (Wildman–Crippen LogP) is 5.53. The Labute approximate surface area is 187 Å². The zero-order chi connectivity index (χ0) is 23.4. The minimum absolute atomic E-state index is 0.0152. The molecule has 0 saturated carbocycles. The fraction of sp³-hybridized carbons (Fsp3) is 0. The Morgan fingerprint density at radius 1 is 0.515 bits per heavy atom. The van der Waals surface area contributed by atoms with Gasteiger partial charge < -0.3 is 4.42 Å². The molecule has 1 heterocycles. The highest BCUT2D eigenvalue weighted by Gasteiger charge is 2.27. The van der Waals surface area contributed by atoms with Gasteiger partial charge in [-0.25, -0.2) is 25.6 Å². The average Bonchev–Trinajstić information content (AvgIpc) is 3.18. The lowest BCUT2D eigenvalue weighted by atomic mass is 10.1. The summed E-state index contributed by atoms with van der Waals surface area (Å²) in [6, 6.07) is 17.7. The number of hydrogen-bond acceptors (Lipinski definition) is 5. The van der Waals surface area contributed by atoms with Gasteiger partial charge in [-0.15, -0.1) is 0 Å². The highest BCUT2D eigenvalue weighted by atomic mass is 32.2. The number of benzene rings is 4.